The molecule has 1 aliphatic heterocycles. The number of hydrazine groups is 1. The smallest absolute Gasteiger partial charge is 0.0187 e. The van der Waals surface area contributed by atoms with Gasteiger partial charge in [0, 0.05) is 13.1 Å². The summed E-state index contributed by atoms with van der Waals surface area (Å²) < 4.78 is 0. The summed E-state index contributed by atoms with van der Waals surface area (Å²) in [5, 5.41) is 2.36. The van der Waals surface area contributed by atoms with Crippen molar-refractivity contribution in [2.45, 2.75) is 25.7 Å². The van der Waals surface area contributed by atoms with Crippen LogP contribution in [0.3, 0.4) is 0 Å². The zero-order valence-electron chi connectivity index (χ0n) is 6.69. The van der Waals surface area contributed by atoms with Crippen LogP contribution in [0.5, 0.6) is 0 Å². The Morgan fingerprint density at radius 1 is 1.30 bits per heavy atom. The number of nitrogens with zero attached hydrogens (tertiary/aromatic N) is 1. The SMILES string of the molecule is CNN1CCCC2(CC2)C1. The second kappa shape index (κ2) is 2.21. The van der Waals surface area contributed by atoms with Crippen molar-refractivity contribution in [1.82, 2.24) is 10.4 Å². The summed E-state index contributed by atoms with van der Waals surface area (Å²) in [6, 6.07) is 0. The fourth-order valence-corrected chi connectivity index (χ4v) is 1.98. The normalized spacial score (nSPS) is 30.9. The summed E-state index contributed by atoms with van der Waals surface area (Å²) in [6.07, 6.45) is 5.82. The first-order chi connectivity index (χ1) is 4.85. The van der Waals surface area contributed by atoms with Crippen molar-refractivity contribution in [3.63, 3.8) is 0 Å². The molecule has 0 atom stereocenters. The third-order valence-corrected chi connectivity index (χ3v) is 2.93. The fraction of sp³-hybridized carbons (Fsp3) is 1.00. The third kappa shape index (κ3) is 1.06. The molecule has 10 heavy (non-hydrogen) atoms. The van der Waals surface area contributed by atoms with E-state index in [0.717, 1.165) is 5.41 Å². The van der Waals surface area contributed by atoms with Gasteiger partial charge in [-0.05, 0) is 38.1 Å². The quantitative estimate of drug-likeness (QED) is 0.584. The van der Waals surface area contributed by atoms with E-state index in [0.29, 0.717) is 0 Å². The van der Waals surface area contributed by atoms with Crippen molar-refractivity contribution < 1.29 is 0 Å². The van der Waals surface area contributed by atoms with E-state index in [1.165, 1.54) is 38.8 Å². The molecule has 1 saturated heterocycles. The van der Waals surface area contributed by atoms with Crippen LogP contribution in [0.1, 0.15) is 25.7 Å². The highest BCUT2D eigenvalue weighted by molar-refractivity contribution is 4.97. The first kappa shape index (κ1) is 6.62. The van der Waals surface area contributed by atoms with Crippen LogP contribution in [0.2, 0.25) is 0 Å². The Balaban J connectivity index is 1.91. The minimum absolute atomic E-state index is 0.765. The predicted molar refractivity (Wildman–Crippen MR) is 41.5 cm³/mol. The number of rotatable bonds is 1. The van der Waals surface area contributed by atoms with E-state index in [1.54, 1.807) is 0 Å². The van der Waals surface area contributed by atoms with Crippen LogP contribution in [-0.2, 0) is 0 Å². The minimum Gasteiger partial charge on any atom is -0.258 e. The highest BCUT2D eigenvalue weighted by Gasteiger charge is 2.45. The molecule has 2 fully saturated rings. The van der Waals surface area contributed by atoms with Crippen molar-refractivity contribution >= 4 is 0 Å². The molecule has 1 heterocycles. The van der Waals surface area contributed by atoms with Gasteiger partial charge in [-0.25, -0.2) is 5.01 Å². The zero-order chi connectivity index (χ0) is 7.03. The van der Waals surface area contributed by atoms with Crippen molar-refractivity contribution in [3.05, 3.63) is 0 Å². The second-order valence-corrected chi connectivity index (χ2v) is 3.75. The molecular weight excluding hydrogens is 124 g/mol. The molecule has 2 nitrogen and oxygen atoms in total. The van der Waals surface area contributed by atoms with Crippen molar-refractivity contribution in [2.75, 3.05) is 20.1 Å². The molecule has 0 aromatic carbocycles. The van der Waals surface area contributed by atoms with Crippen molar-refractivity contribution in [1.29, 1.82) is 0 Å². The largest absolute Gasteiger partial charge is 0.258 e. The molecule has 0 amide bonds. The first-order valence-electron chi connectivity index (χ1n) is 4.27. The molecule has 1 saturated carbocycles. The van der Waals surface area contributed by atoms with Gasteiger partial charge in [-0.3, -0.25) is 5.43 Å². The lowest BCUT2D eigenvalue weighted by atomic mass is 9.96. The Kier molecular flexibility index (Phi) is 1.46. The van der Waals surface area contributed by atoms with E-state index in [4.69, 9.17) is 0 Å². The van der Waals surface area contributed by atoms with Gasteiger partial charge in [0.2, 0.25) is 0 Å². The van der Waals surface area contributed by atoms with Gasteiger partial charge in [-0.15, -0.1) is 0 Å². The Morgan fingerprint density at radius 2 is 2.10 bits per heavy atom. The van der Waals surface area contributed by atoms with E-state index in [1.807, 2.05) is 7.05 Å². The first-order valence-corrected chi connectivity index (χ1v) is 4.27. The highest BCUT2D eigenvalue weighted by atomic mass is 15.5. The molecule has 0 bridgehead atoms. The van der Waals surface area contributed by atoms with Gasteiger partial charge in [0.05, 0.1) is 0 Å². The van der Waals surface area contributed by atoms with Crippen molar-refractivity contribution in [2.24, 2.45) is 5.41 Å². The van der Waals surface area contributed by atoms with Crippen LogP contribution in [-0.4, -0.2) is 25.1 Å². The number of hydrogen-bond donors (Lipinski definition) is 1. The summed E-state index contributed by atoms with van der Waals surface area (Å²) in [5.74, 6) is 0. The highest BCUT2D eigenvalue weighted by Crippen LogP contribution is 2.51. The van der Waals surface area contributed by atoms with Gasteiger partial charge in [-0.1, -0.05) is 0 Å². The van der Waals surface area contributed by atoms with Gasteiger partial charge in [0.15, 0.2) is 0 Å². The van der Waals surface area contributed by atoms with Crippen LogP contribution >= 0.6 is 0 Å². The molecule has 0 unspecified atom stereocenters. The Morgan fingerprint density at radius 3 is 2.70 bits per heavy atom. The van der Waals surface area contributed by atoms with Crippen LogP contribution < -0.4 is 5.43 Å². The molecule has 2 rings (SSSR count). The molecule has 2 aliphatic rings. The maximum Gasteiger partial charge on any atom is 0.0187 e. The van der Waals surface area contributed by atoms with Crippen LogP contribution in [0.4, 0.5) is 0 Å². The van der Waals surface area contributed by atoms with Gasteiger partial charge in [-0.2, -0.15) is 0 Å². The lowest BCUT2D eigenvalue weighted by Gasteiger charge is -2.31. The average molecular weight is 140 g/mol. The van der Waals surface area contributed by atoms with Gasteiger partial charge in [0.25, 0.3) is 0 Å². The van der Waals surface area contributed by atoms with Crippen LogP contribution in [0, 0.1) is 5.41 Å². The summed E-state index contributed by atoms with van der Waals surface area (Å²) in [7, 11) is 2.03. The van der Waals surface area contributed by atoms with E-state index >= 15 is 0 Å². The van der Waals surface area contributed by atoms with Gasteiger partial charge < -0.3 is 0 Å². The standard InChI is InChI=1S/C8H16N2/c1-9-10-6-2-3-8(7-10)4-5-8/h9H,2-7H2,1H3. The van der Waals surface area contributed by atoms with E-state index in [-0.39, 0.29) is 0 Å². The lowest BCUT2D eigenvalue weighted by molar-refractivity contribution is 0.116. The molecular formula is C8H16N2. The molecule has 1 aliphatic carbocycles. The Labute approximate surface area is 62.6 Å². The van der Waals surface area contributed by atoms with E-state index < -0.39 is 0 Å². The second-order valence-electron chi connectivity index (χ2n) is 3.75. The van der Waals surface area contributed by atoms with Gasteiger partial charge in [0.1, 0.15) is 0 Å². The lowest BCUT2D eigenvalue weighted by Crippen LogP contribution is -2.43. The number of hydrogen-bond acceptors (Lipinski definition) is 2. The molecule has 58 valence electrons. The van der Waals surface area contributed by atoms with E-state index in [9.17, 15) is 0 Å². The third-order valence-electron chi connectivity index (χ3n) is 2.93. The molecule has 0 aromatic rings. The predicted octanol–water partition coefficient (Wildman–Crippen LogP) is 0.997. The fourth-order valence-electron chi connectivity index (χ4n) is 1.98. The monoisotopic (exact) mass is 140 g/mol. The zero-order valence-corrected chi connectivity index (χ0v) is 6.69. The topological polar surface area (TPSA) is 15.3 Å². The molecule has 0 aromatic heterocycles. The summed E-state index contributed by atoms with van der Waals surface area (Å²) in [6.45, 7) is 2.54. The minimum atomic E-state index is 0.765. The van der Waals surface area contributed by atoms with Crippen LogP contribution in [0.15, 0.2) is 0 Å². The number of piperidine rings is 1. The maximum atomic E-state index is 3.23. The van der Waals surface area contributed by atoms with E-state index in [2.05, 4.69) is 10.4 Å². The Hall–Kier alpha value is -0.0800. The molecule has 1 N–H and O–H groups in total. The maximum absolute atomic E-state index is 3.23. The summed E-state index contributed by atoms with van der Waals surface area (Å²) in [4.78, 5) is 0. The molecule has 1 spiro atoms. The van der Waals surface area contributed by atoms with Crippen LogP contribution in [0.25, 0.3) is 0 Å². The average Bonchev–Trinajstić information content (AvgIpc) is 2.70. The summed E-state index contributed by atoms with van der Waals surface area (Å²) >= 11 is 0. The molecule has 2 heteroatoms. The number of nitrogens with one attached hydrogen (secondary N) is 1. The van der Waals surface area contributed by atoms with Gasteiger partial charge >= 0.3 is 0 Å². The van der Waals surface area contributed by atoms with Crippen molar-refractivity contribution in [3.8, 4) is 0 Å². The summed E-state index contributed by atoms with van der Waals surface area (Å²) in [5.41, 5.74) is 4.00. The Bertz CT molecular complexity index is 129. The molecule has 0 radical (unpaired) electrons.